The largest absolute Gasteiger partial charge is 0.460 e. The average Bonchev–Trinajstić information content (AvgIpc) is 2.93. The number of nitrogens with zero attached hydrogens (tertiary/aromatic N) is 4. The van der Waals surface area contributed by atoms with Crippen LogP contribution >= 0.6 is 0 Å². The van der Waals surface area contributed by atoms with Gasteiger partial charge in [0, 0.05) is 26.7 Å². The summed E-state index contributed by atoms with van der Waals surface area (Å²) in [7, 11) is 3.34. The molecule has 2 aromatic rings. The van der Waals surface area contributed by atoms with Gasteiger partial charge in [0.2, 0.25) is 0 Å². The quantitative estimate of drug-likeness (QED) is 0.423. The Morgan fingerprint density at radius 3 is 2.62 bits per heavy atom. The lowest BCUT2D eigenvalue weighted by atomic mass is 10.1. The first kappa shape index (κ1) is 19.7. The van der Waals surface area contributed by atoms with Gasteiger partial charge < -0.3 is 9.30 Å². The van der Waals surface area contributed by atoms with E-state index in [1.165, 1.54) is 21.5 Å². The molecule has 1 atom stereocenters. The molecule has 142 valence electrons. The number of aromatic nitrogens is 4. The summed E-state index contributed by atoms with van der Waals surface area (Å²) in [5.74, 6) is -0.343. The fourth-order valence-electron chi connectivity index (χ4n) is 2.82. The van der Waals surface area contributed by atoms with Gasteiger partial charge in [-0.1, -0.05) is 5.57 Å². The molecule has 8 nitrogen and oxygen atoms in total. The monoisotopic (exact) mass is 362 g/mol. The van der Waals surface area contributed by atoms with Crippen molar-refractivity contribution in [2.24, 2.45) is 14.1 Å². The molecule has 0 radical (unpaired) electrons. The minimum absolute atomic E-state index is 0.211. The second kappa shape index (κ2) is 8.16. The maximum Gasteiger partial charge on any atom is 0.332 e. The van der Waals surface area contributed by atoms with E-state index in [-0.39, 0.29) is 23.3 Å². The van der Waals surface area contributed by atoms with Gasteiger partial charge in [-0.3, -0.25) is 13.9 Å². The van der Waals surface area contributed by atoms with Gasteiger partial charge in [0.1, 0.15) is 0 Å². The zero-order valence-corrected chi connectivity index (χ0v) is 16.0. The fourth-order valence-corrected chi connectivity index (χ4v) is 2.82. The Labute approximate surface area is 151 Å². The Bertz CT molecular complexity index is 944. The van der Waals surface area contributed by atoms with Crippen molar-refractivity contribution in [3.8, 4) is 0 Å². The van der Waals surface area contributed by atoms with Crippen LogP contribution in [0.4, 0.5) is 0 Å². The summed E-state index contributed by atoms with van der Waals surface area (Å²) >= 11 is 0. The molecule has 0 aliphatic rings. The SMILES string of the molecule is CC(C)=CC(=O)OC(C)CCCCn1c(=O)c2c(ncn2C)n(C)c1=O. The third kappa shape index (κ3) is 4.30. The molecule has 0 fully saturated rings. The number of hydrogen-bond donors (Lipinski definition) is 0. The molecule has 2 heterocycles. The van der Waals surface area contributed by atoms with Gasteiger partial charge in [-0.2, -0.15) is 0 Å². The summed E-state index contributed by atoms with van der Waals surface area (Å²) in [5, 5.41) is 0. The van der Waals surface area contributed by atoms with E-state index in [0.29, 0.717) is 30.6 Å². The Morgan fingerprint density at radius 1 is 1.27 bits per heavy atom. The second-order valence-corrected chi connectivity index (χ2v) is 6.79. The molecule has 8 heteroatoms. The van der Waals surface area contributed by atoms with Crippen molar-refractivity contribution >= 4 is 17.1 Å². The Balaban J connectivity index is 1.99. The summed E-state index contributed by atoms with van der Waals surface area (Å²) in [6.45, 7) is 5.83. The molecule has 0 spiro atoms. The molecule has 0 bridgehead atoms. The normalized spacial score (nSPS) is 12.2. The summed E-state index contributed by atoms with van der Waals surface area (Å²) < 4.78 is 9.53. The van der Waals surface area contributed by atoms with Crippen LogP contribution in [0.5, 0.6) is 0 Å². The van der Waals surface area contributed by atoms with Gasteiger partial charge in [0.15, 0.2) is 11.2 Å². The molecule has 0 aliphatic carbocycles. The number of unbranched alkanes of at least 4 members (excludes halogenated alkanes) is 1. The number of allylic oxidation sites excluding steroid dienone is 1. The van der Waals surface area contributed by atoms with Gasteiger partial charge in [-0.05, 0) is 40.0 Å². The number of rotatable bonds is 7. The maximum atomic E-state index is 12.6. The first-order chi connectivity index (χ1) is 12.2. The Kier molecular flexibility index (Phi) is 6.18. The van der Waals surface area contributed by atoms with Crippen molar-refractivity contribution in [1.82, 2.24) is 18.7 Å². The van der Waals surface area contributed by atoms with Crippen molar-refractivity contribution < 1.29 is 9.53 Å². The van der Waals surface area contributed by atoms with Crippen molar-refractivity contribution in [1.29, 1.82) is 0 Å². The van der Waals surface area contributed by atoms with Crippen molar-refractivity contribution in [2.45, 2.75) is 52.7 Å². The Morgan fingerprint density at radius 2 is 1.96 bits per heavy atom. The van der Waals surface area contributed by atoms with Crippen LogP contribution in [0.1, 0.15) is 40.0 Å². The number of ether oxygens (including phenoxy) is 1. The molecule has 0 aromatic carbocycles. The predicted molar refractivity (Wildman–Crippen MR) is 99.1 cm³/mol. The first-order valence-electron chi connectivity index (χ1n) is 8.68. The summed E-state index contributed by atoms with van der Waals surface area (Å²) in [6.07, 6.45) is 4.83. The zero-order valence-electron chi connectivity index (χ0n) is 16.0. The molecule has 2 aromatic heterocycles. The average molecular weight is 362 g/mol. The van der Waals surface area contributed by atoms with Gasteiger partial charge in [-0.25, -0.2) is 14.6 Å². The fraction of sp³-hybridized carbons (Fsp3) is 0.556. The lowest BCUT2D eigenvalue weighted by Crippen LogP contribution is -2.39. The van der Waals surface area contributed by atoms with Crippen molar-refractivity contribution in [2.75, 3.05) is 0 Å². The number of carbonyl (C=O) groups is 1. The van der Waals surface area contributed by atoms with E-state index in [1.54, 1.807) is 18.7 Å². The summed E-state index contributed by atoms with van der Waals surface area (Å²) in [4.78, 5) is 40.6. The van der Waals surface area contributed by atoms with Crippen molar-refractivity contribution in [3.63, 3.8) is 0 Å². The van der Waals surface area contributed by atoms with Crippen LogP contribution in [0.3, 0.4) is 0 Å². The number of hydrogen-bond acceptors (Lipinski definition) is 5. The summed E-state index contributed by atoms with van der Waals surface area (Å²) in [6, 6.07) is 0. The van der Waals surface area contributed by atoms with Gasteiger partial charge >= 0.3 is 11.7 Å². The van der Waals surface area contributed by atoms with Gasteiger partial charge in [0.25, 0.3) is 5.56 Å². The standard InChI is InChI=1S/C18H26N4O4/c1-12(2)10-14(23)26-13(3)8-6-7-9-22-17(24)15-16(19-11-20(15)4)21(5)18(22)25/h10-11,13H,6-9H2,1-5H3. The molecule has 0 N–H and O–H groups in total. The molecule has 26 heavy (non-hydrogen) atoms. The minimum Gasteiger partial charge on any atom is -0.460 e. The molecule has 1 unspecified atom stereocenters. The van der Waals surface area contributed by atoms with Crippen LogP contribution in [0.2, 0.25) is 0 Å². The first-order valence-corrected chi connectivity index (χ1v) is 8.68. The molecule has 2 rings (SSSR count). The highest BCUT2D eigenvalue weighted by Gasteiger charge is 2.14. The number of carbonyl (C=O) groups excluding carboxylic acids is 1. The zero-order chi connectivity index (χ0) is 19.4. The van der Waals surface area contributed by atoms with E-state index in [1.807, 2.05) is 20.8 Å². The van der Waals surface area contributed by atoms with E-state index in [4.69, 9.17) is 4.74 Å². The number of fused-ring (bicyclic) bond motifs is 1. The molecular weight excluding hydrogens is 336 g/mol. The van der Waals surface area contributed by atoms with Crippen LogP contribution in [0.25, 0.3) is 11.2 Å². The number of esters is 1. The van der Waals surface area contributed by atoms with Crippen LogP contribution in [0, 0.1) is 0 Å². The minimum atomic E-state index is -0.371. The highest BCUT2D eigenvalue weighted by Crippen LogP contribution is 2.07. The third-order valence-corrected chi connectivity index (χ3v) is 4.17. The predicted octanol–water partition coefficient (Wildman–Crippen LogP) is 1.50. The van der Waals surface area contributed by atoms with Crippen molar-refractivity contribution in [3.05, 3.63) is 38.8 Å². The molecular formula is C18H26N4O4. The van der Waals surface area contributed by atoms with Crippen LogP contribution in [-0.2, 0) is 30.2 Å². The lowest BCUT2D eigenvalue weighted by molar-refractivity contribution is -0.142. The molecule has 0 saturated heterocycles. The molecule has 0 aliphatic heterocycles. The van der Waals surface area contributed by atoms with E-state index < -0.39 is 0 Å². The van der Waals surface area contributed by atoms with E-state index in [2.05, 4.69) is 4.98 Å². The van der Waals surface area contributed by atoms with Crippen LogP contribution in [-0.4, -0.2) is 30.8 Å². The maximum absolute atomic E-state index is 12.6. The van der Waals surface area contributed by atoms with Crippen LogP contribution in [0.15, 0.2) is 27.6 Å². The summed E-state index contributed by atoms with van der Waals surface area (Å²) in [5.41, 5.74) is 0.994. The van der Waals surface area contributed by atoms with Crippen LogP contribution < -0.4 is 11.2 Å². The van der Waals surface area contributed by atoms with E-state index >= 15 is 0 Å². The second-order valence-electron chi connectivity index (χ2n) is 6.79. The van der Waals surface area contributed by atoms with E-state index in [9.17, 15) is 14.4 Å². The smallest absolute Gasteiger partial charge is 0.332 e. The Hall–Kier alpha value is -2.64. The van der Waals surface area contributed by atoms with E-state index in [0.717, 1.165) is 12.0 Å². The number of aryl methyl sites for hydroxylation is 2. The van der Waals surface area contributed by atoms with Gasteiger partial charge in [0.05, 0.1) is 12.4 Å². The highest BCUT2D eigenvalue weighted by molar-refractivity contribution is 5.82. The lowest BCUT2D eigenvalue weighted by Gasteiger charge is -2.12. The molecule has 0 saturated carbocycles. The molecule has 0 amide bonds. The third-order valence-electron chi connectivity index (χ3n) is 4.17. The van der Waals surface area contributed by atoms with Gasteiger partial charge in [-0.15, -0.1) is 0 Å². The topological polar surface area (TPSA) is 88.1 Å². The highest BCUT2D eigenvalue weighted by atomic mass is 16.5. The number of imidazole rings is 1.